The molecule has 1 saturated heterocycles. The van der Waals surface area contributed by atoms with Crippen molar-refractivity contribution in [1.29, 1.82) is 0 Å². The summed E-state index contributed by atoms with van der Waals surface area (Å²) in [6.07, 6.45) is 3.91. The Kier molecular flexibility index (Phi) is 8.91. The van der Waals surface area contributed by atoms with Crippen LogP contribution in [0.5, 0.6) is 0 Å². The van der Waals surface area contributed by atoms with Crippen molar-refractivity contribution in [3.63, 3.8) is 0 Å². The number of ether oxygens (including phenoxy) is 1. The van der Waals surface area contributed by atoms with Gasteiger partial charge in [-0.1, -0.05) is 29.8 Å². The van der Waals surface area contributed by atoms with Gasteiger partial charge in [-0.3, -0.25) is 9.67 Å². The largest absolute Gasteiger partial charge is 0.370 e. The van der Waals surface area contributed by atoms with E-state index in [0.717, 1.165) is 31.2 Å². The lowest BCUT2D eigenvalue weighted by Crippen LogP contribution is -2.49. The van der Waals surface area contributed by atoms with Gasteiger partial charge < -0.3 is 19.9 Å². The predicted octanol–water partition coefficient (Wildman–Crippen LogP) is 2.60. The van der Waals surface area contributed by atoms with Gasteiger partial charge in [-0.25, -0.2) is 0 Å². The fourth-order valence-electron chi connectivity index (χ4n) is 3.56. The van der Waals surface area contributed by atoms with Gasteiger partial charge in [-0.05, 0) is 26.6 Å². The molecule has 2 heterocycles. The fourth-order valence-corrected chi connectivity index (χ4v) is 3.56. The third-order valence-electron chi connectivity index (χ3n) is 5.21. The van der Waals surface area contributed by atoms with Crippen LogP contribution in [-0.2, 0) is 11.8 Å². The standard InChI is InChI=1S/C21H32N6O.HI/c1-16-6-8-17(9-7-16)19(25(3)4)13-23-21(22-2)27-10-11-28-20(15-27)18-12-24-26(5)14-18;/h6-9,12,14,19-20H,10-11,13,15H2,1-5H3,(H,22,23);1H. The molecule has 29 heavy (non-hydrogen) atoms. The summed E-state index contributed by atoms with van der Waals surface area (Å²) < 4.78 is 7.77. The third-order valence-corrected chi connectivity index (χ3v) is 5.21. The molecule has 7 nitrogen and oxygen atoms in total. The van der Waals surface area contributed by atoms with Crippen LogP contribution in [0, 0.1) is 6.92 Å². The van der Waals surface area contributed by atoms with Crippen LogP contribution in [0.1, 0.15) is 28.8 Å². The van der Waals surface area contributed by atoms with Crippen molar-refractivity contribution >= 4 is 29.9 Å². The van der Waals surface area contributed by atoms with Gasteiger partial charge in [0.1, 0.15) is 6.10 Å². The molecule has 2 unspecified atom stereocenters. The number of nitrogens with one attached hydrogen (secondary N) is 1. The van der Waals surface area contributed by atoms with Crippen LogP contribution in [0.25, 0.3) is 0 Å². The van der Waals surface area contributed by atoms with Crippen LogP contribution in [0.15, 0.2) is 41.7 Å². The van der Waals surface area contributed by atoms with Gasteiger partial charge >= 0.3 is 0 Å². The van der Waals surface area contributed by atoms with Crippen LogP contribution in [0.3, 0.4) is 0 Å². The highest BCUT2D eigenvalue weighted by Crippen LogP contribution is 2.22. The Balaban J connectivity index is 0.00000300. The topological polar surface area (TPSA) is 57.9 Å². The van der Waals surface area contributed by atoms with E-state index in [0.29, 0.717) is 6.61 Å². The quantitative estimate of drug-likeness (QED) is 0.379. The van der Waals surface area contributed by atoms with Crippen LogP contribution >= 0.6 is 24.0 Å². The second-order valence-electron chi connectivity index (χ2n) is 7.57. The first-order valence-corrected chi connectivity index (χ1v) is 9.76. The molecule has 1 aromatic heterocycles. The van der Waals surface area contributed by atoms with Gasteiger partial charge in [0.25, 0.3) is 0 Å². The van der Waals surface area contributed by atoms with E-state index in [1.165, 1.54) is 11.1 Å². The number of aryl methyl sites for hydroxylation is 2. The van der Waals surface area contributed by atoms with Gasteiger partial charge in [-0.2, -0.15) is 5.10 Å². The molecule has 1 fully saturated rings. The second-order valence-corrected chi connectivity index (χ2v) is 7.57. The summed E-state index contributed by atoms with van der Waals surface area (Å²) in [5.74, 6) is 0.913. The Morgan fingerprint density at radius 1 is 1.34 bits per heavy atom. The van der Waals surface area contributed by atoms with E-state index in [9.17, 15) is 0 Å². The Hall–Kier alpha value is -1.65. The summed E-state index contributed by atoms with van der Waals surface area (Å²) in [6.45, 7) is 5.18. The molecule has 2 atom stereocenters. The number of hydrogen-bond donors (Lipinski definition) is 1. The number of aromatic nitrogens is 2. The minimum absolute atomic E-state index is 0. The Labute approximate surface area is 191 Å². The molecule has 1 aliphatic heterocycles. The molecule has 0 bridgehead atoms. The lowest BCUT2D eigenvalue weighted by atomic mass is 10.0. The first-order chi connectivity index (χ1) is 13.5. The Bertz CT molecular complexity index is 789. The highest BCUT2D eigenvalue weighted by molar-refractivity contribution is 14.0. The normalized spacial score (nSPS) is 18.5. The molecule has 1 aromatic carbocycles. The number of hydrogen-bond acceptors (Lipinski definition) is 4. The van der Waals surface area contributed by atoms with E-state index in [-0.39, 0.29) is 36.1 Å². The first kappa shape index (κ1) is 23.6. The van der Waals surface area contributed by atoms with E-state index >= 15 is 0 Å². The van der Waals surface area contributed by atoms with E-state index in [2.05, 4.69) is 70.5 Å². The zero-order chi connectivity index (χ0) is 20.1. The number of halogens is 1. The number of likely N-dealkylation sites (N-methyl/N-ethyl adjacent to an activating group) is 1. The van der Waals surface area contributed by atoms with Crippen molar-refractivity contribution in [3.8, 4) is 0 Å². The van der Waals surface area contributed by atoms with Crippen molar-refractivity contribution in [2.75, 3.05) is 47.4 Å². The number of morpholine rings is 1. The number of nitrogens with zero attached hydrogens (tertiary/aromatic N) is 5. The van der Waals surface area contributed by atoms with E-state index in [4.69, 9.17) is 4.74 Å². The molecule has 8 heteroatoms. The van der Waals surface area contributed by atoms with Crippen molar-refractivity contribution in [1.82, 2.24) is 24.9 Å². The minimum Gasteiger partial charge on any atom is -0.370 e. The van der Waals surface area contributed by atoms with E-state index in [1.54, 1.807) is 0 Å². The van der Waals surface area contributed by atoms with Gasteiger partial charge in [0.2, 0.25) is 0 Å². The monoisotopic (exact) mass is 512 g/mol. The van der Waals surface area contributed by atoms with Gasteiger partial charge in [0.05, 0.1) is 25.4 Å². The predicted molar refractivity (Wildman–Crippen MR) is 128 cm³/mol. The molecular formula is C21H33IN6O. The summed E-state index contributed by atoms with van der Waals surface area (Å²) >= 11 is 0. The molecule has 1 N–H and O–H groups in total. The highest BCUT2D eigenvalue weighted by Gasteiger charge is 2.25. The highest BCUT2D eigenvalue weighted by atomic mass is 127. The smallest absolute Gasteiger partial charge is 0.193 e. The molecular weight excluding hydrogens is 479 g/mol. The SMILES string of the molecule is CN=C(NCC(c1ccc(C)cc1)N(C)C)N1CCOC(c2cnn(C)c2)C1.I. The number of rotatable bonds is 5. The van der Waals surface area contributed by atoms with Crippen molar-refractivity contribution in [2.45, 2.75) is 19.1 Å². The molecule has 160 valence electrons. The number of aliphatic imine (C=N–C) groups is 1. The fraction of sp³-hybridized carbons (Fsp3) is 0.524. The summed E-state index contributed by atoms with van der Waals surface area (Å²) in [6, 6.07) is 9.02. The minimum atomic E-state index is 0. The maximum Gasteiger partial charge on any atom is 0.193 e. The van der Waals surface area contributed by atoms with Gasteiger partial charge in [0, 0.05) is 38.9 Å². The first-order valence-electron chi connectivity index (χ1n) is 9.76. The Morgan fingerprint density at radius 2 is 2.07 bits per heavy atom. The van der Waals surface area contributed by atoms with E-state index < -0.39 is 0 Å². The third kappa shape index (κ3) is 6.16. The molecule has 0 aliphatic carbocycles. The average Bonchev–Trinajstić information content (AvgIpc) is 3.13. The summed E-state index contributed by atoms with van der Waals surface area (Å²) in [5.41, 5.74) is 3.68. The summed E-state index contributed by atoms with van der Waals surface area (Å²) in [4.78, 5) is 9.03. The Morgan fingerprint density at radius 3 is 2.66 bits per heavy atom. The summed E-state index contributed by atoms with van der Waals surface area (Å²) in [7, 11) is 7.99. The van der Waals surface area contributed by atoms with Crippen molar-refractivity contribution < 1.29 is 4.74 Å². The lowest BCUT2D eigenvalue weighted by Gasteiger charge is -2.35. The molecule has 3 rings (SSSR count). The van der Waals surface area contributed by atoms with Crippen molar-refractivity contribution in [2.24, 2.45) is 12.0 Å². The van der Waals surface area contributed by atoms with Crippen LogP contribution < -0.4 is 5.32 Å². The second kappa shape index (κ2) is 10.9. The molecule has 0 saturated carbocycles. The molecule has 0 amide bonds. The number of guanidine groups is 1. The zero-order valence-corrected chi connectivity index (χ0v) is 20.3. The van der Waals surface area contributed by atoms with Crippen LogP contribution in [0.2, 0.25) is 0 Å². The maximum atomic E-state index is 5.96. The molecule has 0 radical (unpaired) electrons. The molecule has 0 spiro atoms. The van der Waals surface area contributed by atoms with Crippen molar-refractivity contribution in [3.05, 3.63) is 53.3 Å². The van der Waals surface area contributed by atoms with Gasteiger partial charge in [-0.15, -0.1) is 24.0 Å². The van der Waals surface area contributed by atoms with Crippen LogP contribution in [-0.4, -0.2) is 72.9 Å². The lowest BCUT2D eigenvalue weighted by molar-refractivity contribution is -0.00811. The van der Waals surface area contributed by atoms with E-state index in [1.807, 2.05) is 31.2 Å². The van der Waals surface area contributed by atoms with Crippen LogP contribution in [0.4, 0.5) is 0 Å². The summed E-state index contributed by atoms with van der Waals surface area (Å²) in [5, 5.41) is 7.84. The maximum absolute atomic E-state index is 5.96. The molecule has 2 aromatic rings. The zero-order valence-electron chi connectivity index (χ0n) is 18.0. The number of benzene rings is 1. The average molecular weight is 512 g/mol. The molecule has 1 aliphatic rings. The van der Waals surface area contributed by atoms with Gasteiger partial charge in [0.15, 0.2) is 5.96 Å².